The highest BCUT2D eigenvalue weighted by atomic mass is 16.6. The number of nitro groups is 2. The molecule has 0 saturated carbocycles. The van der Waals surface area contributed by atoms with Crippen molar-refractivity contribution >= 4 is 11.4 Å². The zero-order chi connectivity index (χ0) is 14.3. The van der Waals surface area contributed by atoms with E-state index < -0.39 is 15.5 Å². The van der Waals surface area contributed by atoms with Crippen molar-refractivity contribution in [3.05, 3.63) is 38.4 Å². The van der Waals surface area contributed by atoms with Crippen LogP contribution in [0, 0.1) is 43.9 Å². The summed E-state index contributed by atoms with van der Waals surface area (Å²) in [7, 11) is 0. The number of rotatable bonds is 4. The maximum atomic E-state index is 10.8. The maximum absolute atomic E-state index is 10.8. The number of nitro benzene ring substituents is 2. The van der Waals surface area contributed by atoms with Crippen LogP contribution in [-0.2, 0) is 0 Å². The van der Waals surface area contributed by atoms with Gasteiger partial charge < -0.3 is 4.74 Å². The predicted molar refractivity (Wildman–Crippen MR) is 66.5 cm³/mol. The predicted octanol–water partition coefficient (Wildman–Crippen LogP) is 1.91. The molecule has 0 atom stereocenters. The maximum Gasteiger partial charge on any atom is 0.317 e. The number of ether oxygens (including phenoxy) is 1. The van der Waals surface area contributed by atoms with Crippen molar-refractivity contribution in [3.8, 4) is 29.4 Å². The molecule has 0 unspecified atom stereocenters. The molecule has 7 heteroatoms. The van der Waals surface area contributed by atoms with Gasteiger partial charge >= 0.3 is 5.69 Å². The molecule has 7 nitrogen and oxygen atoms in total. The molecule has 96 valence electrons. The van der Waals surface area contributed by atoms with E-state index in [1.165, 1.54) is 6.07 Å². The number of hydrogen-bond acceptors (Lipinski definition) is 5. The van der Waals surface area contributed by atoms with Crippen LogP contribution in [0.5, 0.6) is 5.75 Å². The minimum Gasteiger partial charge on any atom is -0.474 e. The van der Waals surface area contributed by atoms with E-state index in [0.717, 1.165) is 12.1 Å². The van der Waals surface area contributed by atoms with Crippen LogP contribution in [0.2, 0.25) is 0 Å². The van der Waals surface area contributed by atoms with Crippen LogP contribution in [0.15, 0.2) is 18.2 Å². The van der Waals surface area contributed by atoms with Crippen molar-refractivity contribution in [1.29, 1.82) is 0 Å². The van der Waals surface area contributed by atoms with Gasteiger partial charge in [-0.25, -0.2) is 0 Å². The van der Waals surface area contributed by atoms with E-state index in [-0.39, 0.29) is 18.0 Å². The summed E-state index contributed by atoms with van der Waals surface area (Å²) in [5.41, 5.74) is -0.848. The lowest BCUT2D eigenvalue weighted by Gasteiger charge is -2.02. The molecular formula is C12H8N2O5. The molecule has 0 aliphatic heterocycles. The van der Waals surface area contributed by atoms with Gasteiger partial charge in [-0.1, -0.05) is 5.92 Å². The van der Waals surface area contributed by atoms with Gasteiger partial charge in [0, 0.05) is 6.07 Å². The summed E-state index contributed by atoms with van der Waals surface area (Å²) >= 11 is 0. The zero-order valence-corrected chi connectivity index (χ0v) is 9.87. The zero-order valence-electron chi connectivity index (χ0n) is 9.87. The molecule has 1 rings (SSSR count). The molecule has 0 saturated heterocycles. The van der Waals surface area contributed by atoms with E-state index in [4.69, 9.17) is 4.74 Å². The van der Waals surface area contributed by atoms with Gasteiger partial charge in [-0.15, -0.1) is 0 Å². The first-order valence-electron chi connectivity index (χ1n) is 5.01. The van der Waals surface area contributed by atoms with Crippen molar-refractivity contribution in [2.75, 3.05) is 6.61 Å². The Morgan fingerprint density at radius 2 is 1.95 bits per heavy atom. The number of benzene rings is 1. The monoisotopic (exact) mass is 260 g/mol. The Morgan fingerprint density at radius 1 is 1.21 bits per heavy atom. The van der Waals surface area contributed by atoms with E-state index in [0.29, 0.717) is 0 Å². The molecule has 0 bridgehead atoms. The Labute approximate surface area is 108 Å². The van der Waals surface area contributed by atoms with E-state index in [9.17, 15) is 20.2 Å². The molecule has 0 fully saturated rings. The van der Waals surface area contributed by atoms with Gasteiger partial charge in [0.1, 0.15) is 6.61 Å². The van der Waals surface area contributed by atoms with Crippen molar-refractivity contribution in [1.82, 2.24) is 0 Å². The lowest BCUT2D eigenvalue weighted by Crippen LogP contribution is -1.99. The Kier molecular flexibility index (Phi) is 4.88. The highest BCUT2D eigenvalue weighted by Gasteiger charge is 2.20. The Bertz CT molecular complexity index is 631. The van der Waals surface area contributed by atoms with Crippen molar-refractivity contribution in [2.45, 2.75) is 6.92 Å². The van der Waals surface area contributed by atoms with Crippen LogP contribution in [0.1, 0.15) is 6.92 Å². The molecule has 0 radical (unpaired) electrons. The average molecular weight is 260 g/mol. The fourth-order valence-corrected chi connectivity index (χ4v) is 1.14. The summed E-state index contributed by atoms with van der Waals surface area (Å²) in [5, 5.41) is 21.3. The summed E-state index contributed by atoms with van der Waals surface area (Å²) in [4.78, 5) is 19.8. The highest BCUT2D eigenvalue weighted by Crippen LogP contribution is 2.30. The van der Waals surface area contributed by atoms with Gasteiger partial charge in [-0.2, -0.15) is 0 Å². The molecule has 0 heterocycles. The minimum absolute atomic E-state index is 0.0747. The summed E-state index contributed by atoms with van der Waals surface area (Å²) in [6.07, 6.45) is 0. The van der Waals surface area contributed by atoms with E-state index >= 15 is 0 Å². The van der Waals surface area contributed by atoms with Crippen LogP contribution in [0.4, 0.5) is 11.4 Å². The van der Waals surface area contributed by atoms with Crippen LogP contribution in [0.3, 0.4) is 0 Å². The second kappa shape index (κ2) is 6.62. The van der Waals surface area contributed by atoms with Gasteiger partial charge in [0.15, 0.2) is 5.75 Å². The fraction of sp³-hybridized carbons (Fsp3) is 0.167. The van der Waals surface area contributed by atoms with Crippen molar-refractivity contribution in [2.24, 2.45) is 0 Å². The quantitative estimate of drug-likeness (QED) is 0.468. The van der Waals surface area contributed by atoms with E-state index in [1.54, 1.807) is 6.92 Å². The fourth-order valence-electron chi connectivity index (χ4n) is 1.14. The summed E-state index contributed by atoms with van der Waals surface area (Å²) in [6.45, 7) is 1.53. The summed E-state index contributed by atoms with van der Waals surface area (Å²) in [5.74, 6) is 9.97. The molecule has 0 spiro atoms. The van der Waals surface area contributed by atoms with Gasteiger partial charge in [0.05, 0.1) is 15.9 Å². The third kappa shape index (κ3) is 4.02. The Hall–Kier alpha value is -3.06. The first-order valence-corrected chi connectivity index (χ1v) is 5.01. The standard InChI is InChI=1S/C12H8N2O5/c1-2-3-4-5-8-19-12-7-6-10(13(15)16)9-11(12)14(17)18/h6-7,9H,8H2,1H3. The van der Waals surface area contributed by atoms with Crippen LogP contribution >= 0.6 is 0 Å². The normalized spacial score (nSPS) is 8.47. The Morgan fingerprint density at radius 3 is 2.53 bits per heavy atom. The number of hydrogen-bond donors (Lipinski definition) is 0. The van der Waals surface area contributed by atoms with Crippen molar-refractivity contribution < 1.29 is 14.6 Å². The highest BCUT2D eigenvalue weighted by molar-refractivity contribution is 5.53. The first kappa shape index (κ1) is 14.0. The topological polar surface area (TPSA) is 95.5 Å². The van der Waals surface area contributed by atoms with Crippen LogP contribution < -0.4 is 4.74 Å². The van der Waals surface area contributed by atoms with Gasteiger partial charge in [-0.3, -0.25) is 20.2 Å². The molecule has 1 aromatic carbocycles. The van der Waals surface area contributed by atoms with Crippen LogP contribution in [-0.4, -0.2) is 16.5 Å². The summed E-state index contributed by atoms with van der Waals surface area (Å²) < 4.78 is 5.07. The first-order chi connectivity index (χ1) is 9.06. The molecule has 0 aliphatic rings. The Balaban J connectivity index is 2.94. The third-order valence-corrected chi connectivity index (χ3v) is 1.93. The largest absolute Gasteiger partial charge is 0.474 e. The molecule has 0 amide bonds. The van der Waals surface area contributed by atoms with Crippen LogP contribution in [0.25, 0.3) is 0 Å². The van der Waals surface area contributed by atoms with Crippen molar-refractivity contribution in [3.63, 3.8) is 0 Å². The molecule has 1 aromatic rings. The number of nitrogens with zero attached hydrogens (tertiary/aromatic N) is 2. The minimum atomic E-state index is -0.748. The van der Waals surface area contributed by atoms with Gasteiger partial charge in [-0.05, 0) is 30.8 Å². The smallest absolute Gasteiger partial charge is 0.317 e. The molecule has 0 N–H and O–H groups in total. The molecule has 0 aliphatic carbocycles. The third-order valence-electron chi connectivity index (χ3n) is 1.93. The molecule has 0 aromatic heterocycles. The lowest BCUT2D eigenvalue weighted by molar-refractivity contribution is -0.394. The second-order valence-corrected chi connectivity index (χ2v) is 3.13. The second-order valence-electron chi connectivity index (χ2n) is 3.13. The lowest BCUT2D eigenvalue weighted by atomic mass is 10.2. The van der Waals surface area contributed by atoms with Gasteiger partial charge in [0.25, 0.3) is 5.69 Å². The summed E-state index contributed by atoms with van der Waals surface area (Å²) in [6, 6.07) is 3.14. The molecular weight excluding hydrogens is 252 g/mol. The molecule has 19 heavy (non-hydrogen) atoms. The van der Waals surface area contributed by atoms with E-state index in [1.807, 2.05) is 0 Å². The van der Waals surface area contributed by atoms with E-state index in [2.05, 4.69) is 23.7 Å². The number of non-ortho nitro benzene ring substituents is 1. The average Bonchev–Trinajstić information content (AvgIpc) is 2.38. The SMILES string of the molecule is CC#CC#CCOc1ccc([N+](=O)[O-])cc1[N+](=O)[O-]. The van der Waals surface area contributed by atoms with Gasteiger partial charge in [0.2, 0.25) is 0 Å².